The fraction of sp³-hybridized carbons (Fsp3) is 1.00. The summed E-state index contributed by atoms with van der Waals surface area (Å²) < 4.78 is 0. The Morgan fingerprint density at radius 2 is 1.38 bits per heavy atom. The monoisotopic (exact) mass is 188 g/mol. The van der Waals surface area contributed by atoms with Crippen molar-refractivity contribution in [2.45, 2.75) is 55.5 Å². The van der Waals surface area contributed by atoms with E-state index in [2.05, 4.69) is 0 Å². The summed E-state index contributed by atoms with van der Waals surface area (Å²) in [4.78, 5) is 0. The van der Waals surface area contributed by atoms with Gasteiger partial charge >= 0.3 is 0 Å². The third-order valence-corrected chi connectivity index (χ3v) is 3.52. The fourth-order valence-electron chi connectivity index (χ4n) is 2.63. The van der Waals surface area contributed by atoms with Gasteiger partial charge in [0.2, 0.25) is 0 Å². The molecule has 2 aliphatic rings. The Balaban J connectivity index is 2.26. The van der Waals surface area contributed by atoms with Gasteiger partial charge in [0.05, 0.1) is 23.4 Å². The highest BCUT2D eigenvalue weighted by Crippen LogP contribution is 2.45. The minimum Gasteiger partial charge on any atom is -0.390 e. The maximum atomic E-state index is 9.93. The molecule has 13 heavy (non-hydrogen) atoms. The first kappa shape index (κ1) is 9.40. The van der Waals surface area contributed by atoms with Crippen LogP contribution in [0, 0.1) is 0 Å². The summed E-state index contributed by atoms with van der Waals surface area (Å²) in [7, 11) is 0. The fourth-order valence-corrected chi connectivity index (χ4v) is 2.63. The molecule has 4 N–H and O–H groups in total. The van der Waals surface area contributed by atoms with Crippen LogP contribution in [-0.4, -0.2) is 43.8 Å². The van der Waals surface area contributed by atoms with Crippen molar-refractivity contribution in [3.8, 4) is 0 Å². The van der Waals surface area contributed by atoms with Crippen LogP contribution in [0.2, 0.25) is 0 Å². The van der Waals surface area contributed by atoms with E-state index in [-0.39, 0.29) is 12.8 Å². The molecule has 2 aliphatic carbocycles. The molecule has 0 aromatic heterocycles. The minimum atomic E-state index is -1.17. The van der Waals surface area contributed by atoms with Gasteiger partial charge in [0.25, 0.3) is 0 Å². The topological polar surface area (TPSA) is 80.9 Å². The van der Waals surface area contributed by atoms with Crippen LogP contribution in [-0.2, 0) is 0 Å². The molecule has 4 nitrogen and oxygen atoms in total. The van der Waals surface area contributed by atoms with E-state index in [1.807, 2.05) is 0 Å². The zero-order valence-electron chi connectivity index (χ0n) is 7.48. The molecule has 0 radical (unpaired) electrons. The summed E-state index contributed by atoms with van der Waals surface area (Å²) in [5.74, 6) is 0. The van der Waals surface area contributed by atoms with Crippen LogP contribution >= 0.6 is 0 Å². The molecule has 2 rings (SSSR count). The van der Waals surface area contributed by atoms with Crippen LogP contribution in [0.1, 0.15) is 32.1 Å². The van der Waals surface area contributed by atoms with Crippen LogP contribution in [0.25, 0.3) is 0 Å². The number of hydrogen-bond acceptors (Lipinski definition) is 4. The van der Waals surface area contributed by atoms with Crippen molar-refractivity contribution in [2.24, 2.45) is 0 Å². The summed E-state index contributed by atoms with van der Waals surface area (Å²) in [5, 5.41) is 39.0. The molecule has 0 heterocycles. The average Bonchev–Trinajstić information content (AvgIpc) is 2.01. The second-order valence-corrected chi connectivity index (χ2v) is 4.50. The Hall–Kier alpha value is -0.160. The number of hydrogen-bond donors (Lipinski definition) is 4. The Bertz CT molecular complexity index is 200. The molecule has 4 heteroatoms. The predicted molar refractivity (Wildman–Crippen MR) is 45.0 cm³/mol. The first-order chi connectivity index (χ1) is 5.96. The van der Waals surface area contributed by atoms with Gasteiger partial charge in [-0.1, -0.05) is 0 Å². The van der Waals surface area contributed by atoms with Crippen LogP contribution < -0.4 is 0 Å². The Morgan fingerprint density at radius 1 is 0.923 bits per heavy atom. The van der Waals surface area contributed by atoms with Crippen LogP contribution in [0.3, 0.4) is 0 Å². The number of rotatable bonds is 0. The molecule has 0 aromatic rings. The van der Waals surface area contributed by atoms with Crippen molar-refractivity contribution in [2.75, 3.05) is 0 Å². The van der Waals surface area contributed by atoms with Crippen molar-refractivity contribution in [1.29, 1.82) is 0 Å². The summed E-state index contributed by atoms with van der Waals surface area (Å²) in [6, 6.07) is 0. The smallest absolute Gasteiger partial charge is 0.0934 e. The van der Waals surface area contributed by atoms with Gasteiger partial charge in [0, 0.05) is 12.8 Å². The van der Waals surface area contributed by atoms with Gasteiger partial charge in [-0.2, -0.15) is 0 Å². The van der Waals surface area contributed by atoms with E-state index < -0.39 is 23.4 Å². The van der Waals surface area contributed by atoms with E-state index in [0.29, 0.717) is 19.3 Å². The first-order valence-electron chi connectivity index (χ1n) is 4.77. The van der Waals surface area contributed by atoms with E-state index in [1.54, 1.807) is 0 Å². The maximum absolute atomic E-state index is 9.93. The van der Waals surface area contributed by atoms with Crippen molar-refractivity contribution >= 4 is 0 Å². The molecule has 0 saturated heterocycles. The van der Waals surface area contributed by atoms with Crippen LogP contribution in [0.5, 0.6) is 0 Å². The van der Waals surface area contributed by atoms with Crippen molar-refractivity contribution in [3.05, 3.63) is 0 Å². The van der Waals surface area contributed by atoms with E-state index in [0.717, 1.165) is 0 Å². The lowest BCUT2D eigenvalue weighted by atomic mass is 9.64. The normalized spacial score (nSPS) is 56.3. The van der Waals surface area contributed by atoms with Gasteiger partial charge in [0.1, 0.15) is 0 Å². The minimum absolute atomic E-state index is 0.0764. The second-order valence-electron chi connectivity index (χ2n) is 4.50. The second kappa shape index (κ2) is 2.67. The molecule has 0 aromatic carbocycles. The molecule has 0 amide bonds. The largest absolute Gasteiger partial charge is 0.390 e. The Labute approximate surface area is 76.8 Å². The van der Waals surface area contributed by atoms with Gasteiger partial charge in [-0.3, -0.25) is 0 Å². The molecule has 2 bridgehead atoms. The zero-order chi connectivity index (χ0) is 9.69. The van der Waals surface area contributed by atoms with E-state index in [4.69, 9.17) is 0 Å². The Kier molecular flexibility index (Phi) is 1.93. The third kappa shape index (κ3) is 1.29. The number of aliphatic hydroxyl groups is 4. The molecular formula is C9H16O4. The first-order valence-corrected chi connectivity index (χ1v) is 4.77. The van der Waals surface area contributed by atoms with Gasteiger partial charge < -0.3 is 20.4 Å². The predicted octanol–water partition coefficient (Wildman–Crippen LogP) is -0.852. The quantitative estimate of drug-likeness (QED) is 0.399. The third-order valence-electron chi connectivity index (χ3n) is 3.52. The lowest BCUT2D eigenvalue weighted by Gasteiger charge is -2.51. The molecule has 2 saturated carbocycles. The highest BCUT2D eigenvalue weighted by atomic mass is 16.4. The summed E-state index contributed by atoms with van der Waals surface area (Å²) in [6.45, 7) is 0. The average molecular weight is 188 g/mol. The SMILES string of the molecule is OC1CC(O)C2(O)CCCC1(O)C2. The Morgan fingerprint density at radius 3 is 1.85 bits per heavy atom. The zero-order valence-corrected chi connectivity index (χ0v) is 7.48. The highest BCUT2D eigenvalue weighted by molar-refractivity contribution is 5.07. The van der Waals surface area contributed by atoms with E-state index in [1.165, 1.54) is 0 Å². The van der Waals surface area contributed by atoms with Crippen molar-refractivity contribution in [3.63, 3.8) is 0 Å². The molecular weight excluding hydrogens is 172 g/mol. The molecule has 4 atom stereocenters. The maximum Gasteiger partial charge on any atom is 0.0934 e. The molecule has 0 spiro atoms. The lowest BCUT2D eigenvalue weighted by Crippen LogP contribution is -2.63. The van der Waals surface area contributed by atoms with Crippen molar-refractivity contribution < 1.29 is 20.4 Å². The molecule has 2 fully saturated rings. The molecule has 76 valence electrons. The van der Waals surface area contributed by atoms with Gasteiger partial charge in [-0.05, 0) is 19.3 Å². The molecule has 0 aliphatic heterocycles. The standard InChI is InChI=1S/C9H16O4/c10-6-4-7(11)9(13)3-1-2-8(6,12)5-9/h6-7,10-13H,1-5H2. The summed E-state index contributed by atoms with van der Waals surface area (Å²) >= 11 is 0. The summed E-state index contributed by atoms with van der Waals surface area (Å²) in [5.41, 5.74) is -2.35. The van der Waals surface area contributed by atoms with Crippen molar-refractivity contribution in [1.82, 2.24) is 0 Å². The van der Waals surface area contributed by atoms with Crippen LogP contribution in [0.15, 0.2) is 0 Å². The summed E-state index contributed by atoms with van der Waals surface area (Å²) in [6.07, 6.45) is 0.0641. The van der Waals surface area contributed by atoms with Crippen LogP contribution in [0.4, 0.5) is 0 Å². The van der Waals surface area contributed by atoms with Gasteiger partial charge in [-0.15, -0.1) is 0 Å². The highest BCUT2D eigenvalue weighted by Gasteiger charge is 2.55. The van der Waals surface area contributed by atoms with E-state index in [9.17, 15) is 20.4 Å². The number of aliphatic hydroxyl groups excluding tert-OH is 2. The van der Waals surface area contributed by atoms with E-state index >= 15 is 0 Å². The molecule has 4 unspecified atom stereocenters. The lowest BCUT2D eigenvalue weighted by molar-refractivity contribution is -0.229. The van der Waals surface area contributed by atoms with Gasteiger partial charge in [0.15, 0.2) is 0 Å². The van der Waals surface area contributed by atoms with Gasteiger partial charge in [-0.25, -0.2) is 0 Å². The number of fused-ring (bicyclic) bond motifs is 2.